The Kier molecular flexibility index (Phi) is 6.03. The summed E-state index contributed by atoms with van der Waals surface area (Å²) in [5, 5.41) is 3.13. The average molecular weight is 297 g/mol. The third-order valence-electron chi connectivity index (χ3n) is 4.02. The number of amides is 1. The van der Waals surface area contributed by atoms with Gasteiger partial charge in [-0.3, -0.25) is 4.79 Å². The third-order valence-corrected chi connectivity index (χ3v) is 4.02. The van der Waals surface area contributed by atoms with Crippen LogP contribution in [0.15, 0.2) is 18.2 Å². The second-order valence-corrected chi connectivity index (χ2v) is 5.95. The molecular formula is C16H25ClN2O. The Hall–Kier alpha value is -1.06. The van der Waals surface area contributed by atoms with Gasteiger partial charge in [0.05, 0.1) is 0 Å². The van der Waals surface area contributed by atoms with Gasteiger partial charge in [-0.1, -0.05) is 32.0 Å². The number of hydrogen-bond donors (Lipinski definition) is 2. The van der Waals surface area contributed by atoms with E-state index < -0.39 is 0 Å². The minimum absolute atomic E-state index is 0. The van der Waals surface area contributed by atoms with Gasteiger partial charge < -0.3 is 11.1 Å². The highest BCUT2D eigenvalue weighted by Crippen LogP contribution is 2.30. The van der Waals surface area contributed by atoms with E-state index in [1.165, 1.54) is 5.56 Å². The smallest absolute Gasteiger partial charge is 0.227 e. The van der Waals surface area contributed by atoms with E-state index >= 15 is 0 Å². The molecule has 3 N–H and O–H groups in total. The molecule has 4 heteroatoms. The molecule has 0 aromatic heterocycles. The van der Waals surface area contributed by atoms with E-state index in [0.717, 1.165) is 30.5 Å². The number of benzene rings is 1. The molecule has 1 fully saturated rings. The first-order chi connectivity index (χ1) is 8.99. The number of halogens is 1. The first-order valence-electron chi connectivity index (χ1n) is 7.15. The Morgan fingerprint density at radius 1 is 1.35 bits per heavy atom. The molecule has 0 heterocycles. The molecule has 0 radical (unpaired) electrons. The van der Waals surface area contributed by atoms with E-state index in [2.05, 4.69) is 25.2 Å². The fourth-order valence-electron chi connectivity index (χ4n) is 2.82. The zero-order chi connectivity index (χ0) is 14.0. The summed E-state index contributed by atoms with van der Waals surface area (Å²) >= 11 is 0. The van der Waals surface area contributed by atoms with Crippen LogP contribution in [-0.4, -0.2) is 11.9 Å². The minimum atomic E-state index is 0. The maximum atomic E-state index is 12.3. The van der Waals surface area contributed by atoms with Crippen molar-refractivity contribution >= 4 is 24.0 Å². The van der Waals surface area contributed by atoms with Crippen molar-refractivity contribution in [3.05, 3.63) is 29.3 Å². The van der Waals surface area contributed by atoms with Crippen LogP contribution in [0.4, 0.5) is 5.69 Å². The minimum Gasteiger partial charge on any atom is -0.328 e. The number of anilines is 1. The lowest BCUT2D eigenvalue weighted by Crippen LogP contribution is -2.24. The predicted molar refractivity (Wildman–Crippen MR) is 86.5 cm³/mol. The molecular weight excluding hydrogens is 272 g/mol. The van der Waals surface area contributed by atoms with Crippen molar-refractivity contribution in [2.24, 2.45) is 11.7 Å². The lowest BCUT2D eigenvalue weighted by atomic mass is 9.97. The van der Waals surface area contributed by atoms with E-state index in [-0.39, 0.29) is 30.3 Å². The van der Waals surface area contributed by atoms with Gasteiger partial charge in [0.15, 0.2) is 0 Å². The maximum Gasteiger partial charge on any atom is 0.227 e. The third kappa shape index (κ3) is 3.74. The second-order valence-electron chi connectivity index (χ2n) is 5.95. The van der Waals surface area contributed by atoms with Gasteiger partial charge in [0, 0.05) is 17.6 Å². The molecule has 2 unspecified atom stereocenters. The quantitative estimate of drug-likeness (QED) is 0.895. The standard InChI is InChI=1S/C16H24N2O.ClH/c1-10(2)14-6-4-5-11(3)15(14)18-16(19)12-7-8-13(17)9-12;/h4-6,10,12-13H,7-9,17H2,1-3H3,(H,18,19);1H. The van der Waals surface area contributed by atoms with Crippen molar-refractivity contribution < 1.29 is 4.79 Å². The zero-order valence-electron chi connectivity index (χ0n) is 12.5. The molecule has 0 aliphatic heterocycles. The van der Waals surface area contributed by atoms with Gasteiger partial charge in [0.1, 0.15) is 0 Å². The summed E-state index contributed by atoms with van der Waals surface area (Å²) in [6, 6.07) is 6.37. The topological polar surface area (TPSA) is 55.1 Å². The van der Waals surface area contributed by atoms with Gasteiger partial charge in [-0.15, -0.1) is 12.4 Å². The van der Waals surface area contributed by atoms with Crippen LogP contribution in [0.2, 0.25) is 0 Å². The summed E-state index contributed by atoms with van der Waals surface area (Å²) in [5.74, 6) is 0.611. The average Bonchev–Trinajstić information content (AvgIpc) is 2.78. The van der Waals surface area contributed by atoms with E-state index in [4.69, 9.17) is 5.73 Å². The van der Waals surface area contributed by atoms with E-state index in [1.807, 2.05) is 19.1 Å². The molecule has 1 aromatic rings. The zero-order valence-corrected chi connectivity index (χ0v) is 13.3. The highest BCUT2D eigenvalue weighted by Gasteiger charge is 2.28. The van der Waals surface area contributed by atoms with Crippen molar-refractivity contribution in [3.8, 4) is 0 Å². The number of aryl methyl sites for hydroxylation is 1. The normalized spacial score (nSPS) is 21.6. The molecule has 20 heavy (non-hydrogen) atoms. The molecule has 1 amide bonds. The summed E-state index contributed by atoms with van der Waals surface area (Å²) in [7, 11) is 0. The molecule has 1 aromatic carbocycles. The summed E-state index contributed by atoms with van der Waals surface area (Å²) < 4.78 is 0. The number of para-hydroxylation sites is 1. The highest BCUT2D eigenvalue weighted by atomic mass is 35.5. The van der Waals surface area contributed by atoms with Crippen molar-refractivity contribution in [2.45, 2.75) is 52.0 Å². The summed E-state index contributed by atoms with van der Waals surface area (Å²) in [4.78, 5) is 12.3. The molecule has 1 saturated carbocycles. The maximum absolute atomic E-state index is 12.3. The van der Waals surface area contributed by atoms with Crippen LogP contribution in [0, 0.1) is 12.8 Å². The molecule has 2 atom stereocenters. The summed E-state index contributed by atoms with van der Waals surface area (Å²) in [6.45, 7) is 6.34. The molecule has 0 saturated heterocycles. The largest absolute Gasteiger partial charge is 0.328 e. The SMILES string of the molecule is Cc1cccc(C(C)C)c1NC(=O)C1CCC(N)C1.Cl. The van der Waals surface area contributed by atoms with Crippen LogP contribution in [-0.2, 0) is 4.79 Å². The molecule has 2 rings (SSSR count). The molecule has 0 spiro atoms. The molecule has 112 valence electrons. The van der Waals surface area contributed by atoms with Crippen LogP contribution in [0.1, 0.15) is 50.2 Å². The Morgan fingerprint density at radius 2 is 2.05 bits per heavy atom. The van der Waals surface area contributed by atoms with Gasteiger partial charge in [0.25, 0.3) is 0 Å². The second kappa shape index (κ2) is 7.09. The van der Waals surface area contributed by atoms with Crippen molar-refractivity contribution in [3.63, 3.8) is 0 Å². The Balaban J connectivity index is 0.00000200. The molecule has 1 aliphatic carbocycles. The van der Waals surface area contributed by atoms with Crippen LogP contribution >= 0.6 is 12.4 Å². The molecule has 3 nitrogen and oxygen atoms in total. The number of carbonyl (C=O) groups is 1. The van der Waals surface area contributed by atoms with Crippen LogP contribution < -0.4 is 11.1 Å². The summed E-state index contributed by atoms with van der Waals surface area (Å²) in [6.07, 6.45) is 2.69. The molecule has 0 bridgehead atoms. The molecule has 1 aliphatic rings. The van der Waals surface area contributed by atoms with Gasteiger partial charge in [0.2, 0.25) is 5.91 Å². The van der Waals surface area contributed by atoms with Crippen molar-refractivity contribution in [1.82, 2.24) is 0 Å². The van der Waals surface area contributed by atoms with Crippen molar-refractivity contribution in [2.75, 3.05) is 5.32 Å². The van der Waals surface area contributed by atoms with E-state index in [1.54, 1.807) is 0 Å². The van der Waals surface area contributed by atoms with Crippen LogP contribution in [0.3, 0.4) is 0 Å². The number of nitrogens with two attached hydrogens (primary N) is 1. The van der Waals surface area contributed by atoms with E-state index in [0.29, 0.717) is 5.92 Å². The number of hydrogen-bond acceptors (Lipinski definition) is 2. The van der Waals surface area contributed by atoms with Gasteiger partial charge in [-0.25, -0.2) is 0 Å². The predicted octanol–water partition coefficient (Wildman–Crippen LogP) is 3.61. The van der Waals surface area contributed by atoms with Gasteiger partial charge >= 0.3 is 0 Å². The number of carbonyl (C=O) groups excluding carboxylic acids is 1. The highest BCUT2D eigenvalue weighted by molar-refractivity contribution is 5.94. The Labute approximate surface area is 127 Å². The first kappa shape index (κ1) is 17.0. The van der Waals surface area contributed by atoms with Crippen molar-refractivity contribution in [1.29, 1.82) is 0 Å². The Bertz CT molecular complexity index is 474. The van der Waals surface area contributed by atoms with Crippen LogP contribution in [0.5, 0.6) is 0 Å². The van der Waals surface area contributed by atoms with Gasteiger partial charge in [-0.2, -0.15) is 0 Å². The number of nitrogens with one attached hydrogen (secondary N) is 1. The van der Waals surface area contributed by atoms with Gasteiger partial charge in [-0.05, 0) is 43.2 Å². The summed E-state index contributed by atoms with van der Waals surface area (Å²) in [5.41, 5.74) is 9.20. The Morgan fingerprint density at radius 3 is 2.60 bits per heavy atom. The first-order valence-corrected chi connectivity index (χ1v) is 7.15. The van der Waals surface area contributed by atoms with E-state index in [9.17, 15) is 4.79 Å². The fraction of sp³-hybridized carbons (Fsp3) is 0.562. The fourth-order valence-corrected chi connectivity index (χ4v) is 2.82. The van der Waals surface area contributed by atoms with Crippen LogP contribution in [0.25, 0.3) is 0 Å². The number of rotatable bonds is 3. The monoisotopic (exact) mass is 296 g/mol. The lowest BCUT2D eigenvalue weighted by molar-refractivity contribution is -0.119. The lowest BCUT2D eigenvalue weighted by Gasteiger charge is -2.18.